The highest BCUT2D eigenvalue weighted by Gasteiger charge is 2.30. The number of anilines is 2. The van der Waals surface area contributed by atoms with Crippen molar-refractivity contribution in [2.24, 2.45) is 11.8 Å². The van der Waals surface area contributed by atoms with Crippen molar-refractivity contribution in [3.05, 3.63) is 11.8 Å². The number of aryl methyl sites for hydroxylation is 1. The first-order valence-electron chi connectivity index (χ1n) is 8.37. The largest absolute Gasteiger partial charge is 0.347 e. The van der Waals surface area contributed by atoms with Crippen LogP contribution in [0.4, 0.5) is 10.9 Å². The summed E-state index contributed by atoms with van der Waals surface area (Å²) in [4.78, 5) is 23.5. The van der Waals surface area contributed by atoms with Gasteiger partial charge in [0.05, 0.1) is 22.2 Å². The quantitative estimate of drug-likeness (QED) is 0.928. The van der Waals surface area contributed by atoms with Crippen LogP contribution in [0.15, 0.2) is 6.20 Å². The molecule has 1 atom stereocenters. The number of nitriles is 1. The fourth-order valence-corrected chi connectivity index (χ4v) is 4.18. The van der Waals surface area contributed by atoms with Gasteiger partial charge in [-0.05, 0) is 38.2 Å². The molecule has 1 aliphatic heterocycles. The highest BCUT2D eigenvalue weighted by Crippen LogP contribution is 2.37. The van der Waals surface area contributed by atoms with Crippen LogP contribution in [0.1, 0.15) is 31.2 Å². The average molecular weight is 341 g/mol. The molecule has 6 nitrogen and oxygen atoms in total. The number of piperidine rings is 1. The third-order valence-electron chi connectivity index (χ3n) is 4.66. The summed E-state index contributed by atoms with van der Waals surface area (Å²) in [7, 11) is 0. The lowest BCUT2D eigenvalue weighted by Crippen LogP contribution is -2.34. The van der Waals surface area contributed by atoms with Crippen molar-refractivity contribution in [2.45, 2.75) is 32.6 Å². The molecule has 1 aliphatic carbocycles. The van der Waals surface area contributed by atoms with Crippen molar-refractivity contribution < 1.29 is 4.79 Å². The summed E-state index contributed by atoms with van der Waals surface area (Å²) in [5.41, 5.74) is 1.90. The number of aromatic nitrogens is 2. The minimum Gasteiger partial charge on any atom is -0.347 e. The van der Waals surface area contributed by atoms with E-state index in [9.17, 15) is 10.1 Å². The lowest BCUT2D eigenvalue weighted by molar-refractivity contribution is -0.117. The smallest absolute Gasteiger partial charge is 0.228 e. The maximum Gasteiger partial charge on any atom is 0.228 e. The molecule has 2 aromatic rings. The van der Waals surface area contributed by atoms with E-state index in [-0.39, 0.29) is 17.7 Å². The fraction of sp³-hybridized carbons (Fsp3) is 0.529. The third kappa shape index (κ3) is 2.82. The minimum absolute atomic E-state index is 0.0603. The number of amides is 1. The second-order valence-corrected chi connectivity index (χ2v) is 7.62. The molecule has 124 valence electrons. The van der Waals surface area contributed by atoms with Crippen molar-refractivity contribution in [1.29, 1.82) is 5.26 Å². The van der Waals surface area contributed by atoms with E-state index in [1.165, 1.54) is 0 Å². The molecule has 1 saturated carbocycles. The van der Waals surface area contributed by atoms with Crippen LogP contribution < -0.4 is 10.2 Å². The zero-order valence-electron chi connectivity index (χ0n) is 13.6. The molecular weight excluding hydrogens is 322 g/mol. The first-order chi connectivity index (χ1) is 11.7. The SMILES string of the molecule is Cc1cnc(NC(=O)C2CC2)c2sc(N3CCC[C@H](C#N)C3)nc12. The van der Waals surface area contributed by atoms with Crippen LogP contribution in [-0.2, 0) is 4.79 Å². The van der Waals surface area contributed by atoms with E-state index in [1.54, 1.807) is 17.5 Å². The lowest BCUT2D eigenvalue weighted by atomic mass is 10.0. The van der Waals surface area contributed by atoms with Crippen LogP contribution in [0.25, 0.3) is 10.2 Å². The summed E-state index contributed by atoms with van der Waals surface area (Å²) in [6, 6.07) is 2.37. The number of nitrogens with zero attached hydrogens (tertiary/aromatic N) is 4. The van der Waals surface area contributed by atoms with Gasteiger partial charge in [-0.15, -0.1) is 0 Å². The Balaban J connectivity index is 1.67. The number of pyridine rings is 1. The molecule has 0 radical (unpaired) electrons. The summed E-state index contributed by atoms with van der Waals surface area (Å²) in [6.07, 6.45) is 5.68. The average Bonchev–Trinajstić information content (AvgIpc) is 3.35. The Labute approximate surface area is 144 Å². The monoisotopic (exact) mass is 341 g/mol. The van der Waals surface area contributed by atoms with Crippen LogP contribution >= 0.6 is 11.3 Å². The minimum atomic E-state index is 0.0603. The number of fused-ring (bicyclic) bond motifs is 1. The molecule has 2 aromatic heterocycles. The fourth-order valence-electron chi connectivity index (χ4n) is 3.06. The molecule has 2 aliphatic rings. The predicted octanol–water partition coefficient (Wildman–Crippen LogP) is 3.09. The Morgan fingerprint density at radius 2 is 2.29 bits per heavy atom. The van der Waals surface area contributed by atoms with E-state index in [0.29, 0.717) is 5.82 Å². The van der Waals surface area contributed by atoms with Crippen molar-refractivity contribution in [3.8, 4) is 6.07 Å². The molecular formula is C17H19N5OS. The van der Waals surface area contributed by atoms with Gasteiger partial charge in [0.1, 0.15) is 0 Å². The Bertz CT molecular complexity index is 835. The van der Waals surface area contributed by atoms with Gasteiger partial charge < -0.3 is 10.2 Å². The molecule has 0 unspecified atom stereocenters. The van der Waals surface area contributed by atoms with Gasteiger partial charge >= 0.3 is 0 Å². The van der Waals surface area contributed by atoms with Crippen molar-refractivity contribution in [2.75, 3.05) is 23.3 Å². The molecule has 4 rings (SSSR count). The number of carbonyl (C=O) groups excluding carboxylic acids is 1. The standard InChI is InChI=1S/C17H19N5OS/c1-10-8-19-15(21-16(23)12-4-5-12)14-13(10)20-17(24-14)22-6-2-3-11(7-18)9-22/h8,11-12H,2-6,9H2,1H3,(H,19,21,23)/t11-/m1/s1. The molecule has 2 fully saturated rings. The van der Waals surface area contributed by atoms with E-state index < -0.39 is 0 Å². The van der Waals surface area contributed by atoms with Gasteiger partial charge in [-0.3, -0.25) is 4.79 Å². The van der Waals surface area contributed by atoms with Crippen LogP contribution in [0.3, 0.4) is 0 Å². The van der Waals surface area contributed by atoms with Gasteiger partial charge in [0.25, 0.3) is 0 Å². The van der Waals surface area contributed by atoms with Gasteiger partial charge in [-0.1, -0.05) is 11.3 Å². The van der Waals surface area contributed by atoms with Crippen molar-refractivity contribution >= 4 is 38.4 Å². The van der Waals surface area contributed by atoms with Gasteiger partial charge in [-0.2, -0.15) is 5.26 Å². The van der Waals surface area contributed by atoms with Crippen LogP contribution in [0.2, 0.25) is 0 Å². The Hall–Kier alpha value is -2.20. The van der Waals surface area contributed by atoms with Gasteiger partial charge in [0.2, 0.25) is 5.91 Å². The van der Waals surface area contributed by atoms with E-state index in [2.05, 4.69) is 21.3 Å². The molecule has 7 heteroatoms. The molecule has 1 amide bonds. The Morgan fingerprint density at radius 1 is 1.46 bits per heavy atom. The summed E-state index contributed by atoms with van der Waals surface area (Å²) in [5, 5.41) is 13.1. The van der Waals surface area contributed by atoms with E-state index in [1.807, 2.05) is 6.92 Å². The number of thiazole rings is 1. The maximum atomic E-state index is 12.1. The summed E-state index contributed by atoms with van der Waals surface area (Å²) in [6.45, 7) is 3.64. The number of hydrogen-bond donors (Lipinski definition) is 1. The molecule has 1 saturated heterocycles. The highest BCUT2D eigenvalue weighted by atomic mass is 32.1. The van der Waals surface area contributed by atoms with Gasteiger partial charge in [-0.25, -0.2) is 9.97 Å². The summed E-state index contributed by atoms with van der Waals surface area (Å²) >= 11 is 1.56. The van der Waals surface area contributed by atoms with Crippen molar-refractivity contribution in [3.63, 3.8) is 0 Å². The molecule has 3 heterocycles. The summed E-state index contributed by atoms with van der Waals surface area (Å²) in [5.74, 6) is 0.892. The molecule has 1 N–H and O–H groups in total. The number of nitrogens with one attached hydrogen (secondary N) is 1. The molecule has 0 aromatic carbocycles. The first-order valence-corrected chi connectivity index (χ1v) is 9.19. The number of hydrogen-bond acceptors (Lipinski definition) is 6. The molecule has 24 heavy (non-hydrogen) atoms. The number of carbonyl (C=O) groups is 1. The Morgan fingerprint density at radius 3 is 3.04 bits per heavy atom. The van der Waals surface area contributed by atoms with Crippen LogP contribution in [0, 0.1) is 30.1 Å². The maximum absolute atomic E-state index is 12.1. The van der Waals surface area contributed by atoms with Crippen LogP contribution in [-0.4, -0.2) is 29.0 Å². The second kappa shape index (κ2) is 6.02. The van der Waals surface area contributed by atoms with Crippen LogP contribution in [0.5, 0.6) is 0 Å². The summed E-state index contributed by atoms with van der Waals surface area (Å²) < 4.78 is 0.929. The van der Waals surface area contributed by atoms with E-state index >= 15 is 0 Å². The molecule has 0 bridgehead atoms. The predicted molar refractivity (Wildman–Crippen MR) is 94.1 cm³/mol. The zero-order valence-corrected chi connectivity index (χ0v) is 14.4. The second-order valence-electron chi connectivity index (χ2n) is 6.64. The lowest BCUT2D eigenvalue weighted by Gasteiger charge is -2.28. The highest BCUT2D eigenvalue weighted by molar-refractivity contribution is 7.22. The normalized spacial score (nSPS) is 20.8. The van der Waals surface area contributed by atoms with Crippen molar-refractivity contribution in [1.82, 2.24) is 9.97 Å². The molecule has 0 spiro atoms. The van der Waals surface area contributed by atoms with Gasteiger partial charge in [0.15, 0.2) is 10.9 Å². The third-order valence-corrected chi connectivity index (χ3v) is 5.78. The van der Waals surface area contributed by atoms with E-state index in [0.717, 1.165) is 59.7 Å². The van der Waals surface area contributed by atoms with E-state index in [4.69, 9.17) is 4.98 Å². The van der Waals surface area contributed by atoms with Gasteiger partial charge in [0, 0.05) is 25.2 Å². The first kappa shape index (κ1) is 15.3. The Kier molecular flexibility index (Phi) is 3.85. The number of rotatable bonds is 3. The topological polar surface area (TPSA) is 81.9 Å². The zero-order chi connectivity index (χ0) is 16.7.